The Bertz CT molecular complexity index is 835. The van der Waals surface area contributed by atoms with Crippen LogP contribution in [0.3, 0.4) is 0 Å². The van der Waals surface area contributed by atoms with Crippen LogP contribution in [-0.2, 0) is 9.59 Å². The van der Waals surface area contributed by atoms with Gasteiger partial charge in [-0.15, -0.1) is 0 Å². The van der Waals surface area contributed by atoms with Gasteiger partial charge in [-0.2, -0.15) is 0 Å². The fraction of sp³-hybridized carbons (Fsp3) is 0.455. The van der Waals surface area contributed by atoms with Gasteiger partial charge in [0, 0.05) is 24.5 Å². The average molecular weight is 396 g/mol. The third-order valence-electron chi connectivity index (χ3n) is 5.18. The Morgan fingerprint density at radius 1 is 1.17 bits per heavy atom. The standard InChI is InChI=1S/C22H28N4O3/c1-15-13-18(29-22-23-11-6-12-24-22)9-10-19(15)26-21(28)16(2)25-20(27)14-17-7-4-3-5-8-17/h6,9-13,16-17H,3-5,7-8,14H2,1-2H3,(H,25,27)(H,26,28). The maximum atomic E-state index is 12.5. The predicted molar refractivity (Wildman–Crippen MR) is 111 cm³/mol. The van der Waals surface area contributed by atoms with Gasteiger partial charge in [-0.3, -0.25) is 9.59 Å². The third kappa shape index (κ3) is 6.27. The molecule has 1 atom stereocenters. The van der Waals surface area contributed by atoms with Gasteiger partial charge in [0.05, 0.1) is 0 Å². The Balaban J connectivity index is 1.51. The molecule has 154 valence electrons. The van der Waals surface area contributed by atoms with E-state index in [4.69, 9.17) is 4.74 Å². The lowest BCUT2D eigenvalue weighted by Crippen LogP contribution is -2.42. The van der Waals surface area contributed by atoms with Crippen molar-refractivity contribution in [2.45, 2.75) is 58.4 Å². The van der Waals surface area contributed by atoms with E-state index in [9.17, 15) is 9.59 Å². The van der Waals surface area contributed by atoms with E-state index in [0.717, 1.165) is 18.4 Å². The Morgan fingerprint density at radius 3 is 2.59 bits per heavy atom. The summed E-state index contributed by atoms with van der Waals surface area (Å²) in [6, 6.07) is 6.69. The highest BCUT2D eigenvalue weighted by atomic mass is 16.5. The van der Waals surface area contributed by atoms with Crippen LogP contribution in [0.4, 0.5) is 5.69 Å². The van der Waals surface area contributed by atoms with Crippen molar-refractivity contribution in [1.82, 2.24) is 15.3 Å². The molecule has 1 aromatic carbocycles. The molecule has 1 aliphatic carbocycles. The topological polar surface area (TPSA) is 93.2 Å². The van der Waals surface area contributed by atoms with Gasteiger partial charge in [0.2, 0.25) is 11.8 Å². The molecule has 0 spiro atoms. The smallest absolute Gasteiger partial charge is 0.321 e. The van der Waals surface area contributed by atoms with Gasteiger partial charge in [-0.05, 0) is 62.4 Å². The summed E-state index contributed by atoms with van der Waals surface area (Å²) in [4.78, 5) is 32.8. The van der Waals surface area contributed by atoms with Crippen molar-refractivity contribution >= 4 is 17.5 Å². The molecular weight excluding hydrogens is 368 g/mol. The van der Waals surface area contributed by atoms with E-state index < -0.39 is 6.04 Å². The number of carbonyl (C=O) groups is 2. The second kappa shape index (κ2) is 10.0. The molecule has 2 N–H and O–H groups in total. The fourth-order valence-corrected chi connectivity index (χ4v) is 3.54. The highest BCUT2D eigenvalue weighted by Gasteiger charge is 2.21. The Kier molecular flexibility index (Phi) is 7.16. The molecule has 3 rings (SSSR count). The first-order chi connectivity index (χ1) is 14.0. The Morgan fingerprint density at radius 2 is 1.90 bits per heavy atom. The summed E-state index contributed by atoms with van der Waals surface area (Å²) >= 11 is 0. The number of carbonyl (C=O) groups excluding carboxylic acids is 2. The SMILES string of the molecule is Cc1cc(Oc2ncccn2)ccc1NC(=O)C(C)NC(=O)CC1CCCCC1. The van der Waals surface area contributed by atoms with E-state index in [1.165, 1.54) is 19.3 Å². The van der Waals surface area contributed by atoms with Crippen LogP contribution in [-0.4, -0.2) is 27.8 Å². The Labute approximate surface area is 171 Å². The summed E-state index contributed by atoms with van der Waals surface area (Å²) in [6.45, 7) is 3.58. The molecular formula is C22H28N4O3. The highest BCUT2D eigenvalue weighted by Crippen LogP contribution is 2.26. The number of amides is 2. The fourth-order valence-electron chi connectivity index (χ4n) is 3.54. The number of nitrogens with one attached hydrogen (secondary N) is 2. The van der Waals surface area contributed by atoms with Gasteiger partial charge in [0.25, 0.3) is 0 Å². The molecule has 0 radical (unpaired) electrons. The van der Waals surface area contributed by atoms with Gasteiger partial charge in [-0.25, -0.2) is 9.97 Å². The first-order valence-electron chi connectivity index (χ1n) is 10.2. The van der Waals surface area contributed by atoms with E-state index in [0.29, 0.717) is 23.8 Å². The van der Waals surface area contributed by atoms with Crippen molar-refractivity contribution in [2.75, 3.05) is 5.32 Å². The van der Waals surface area contributed by atoms with Gasteiger partial charge < -0.3 is 15.4 Å². The number of aryl methyl sites for hydroxylation is 1. The molecule has 1 heterocycles. The lowest BCUT2D eigenvalue weighted by atomic mass is 9.87. The monoisotopic (exact) mass is 396 g/mol. The molecule has 2 amide bonds. The number of hydrogen-bond donors (Lipinski definition) is 2. The number of benzene rings is 1. The van der Waals surface area contributed by atoms with Crippen molar-refractivity contribution in [1.29, 1.82) is 0 Å². The van der Waals surface area contributed by atoms with E-state index in [2.05, 4.69) is 20.6 Å². The maximum Gasteiger partial charge on any atom is 0.321 e. The molecule has 2 aromatic rings. The summed E-state index contributed by atoms with van der Waals surface area (Å²) < 4.78 is 5.60. The number of hydrogen-bond acceptors (Lipinski definition) is 5. The zero-order chi connectivity index (χ0) is 20.6. The number of rotatable bonds is 7. The summed E-state index contributed by atoms with van der Waals surface area (Å²) in [7, 11) is 0. The van der Waals surface area contributed by atoms with Crippen LogP contribution in [0.5, 0.6) is 11.8 Å². The molecule has 1 aromatic heterocycles. The summed E-state index contributed by atoms with van der Waals surface area (Å²) in [5.41, 5.74) is 1.51. The molecule has 7 heteroatoms. The van der Waals surface area contributed by atoms with E-state index in [1.807, 2.05) is 6.92 Å². The Hall–Kier alpha value is -2.96. The minimum Gasteiger partial charge on any atom is -0.424 e. The van der Waals surface area contributed by atoms with Crippen molar-refractivity contribution in [2.24, 2.45) is 5.92 Å². The van der Waals surface area contributed by atoms with Gasteiger partial charge in [0.15, 0.2) is 0 Å². The molecule has 0 aliphatic heterocycles. The molecule has 1 aliphatic rings. The van der Waals surface area contributed by atoms with Crippen LogP contribution in [0.1, 0.15) is 51.0 Å². The van der Waals surface area contributed by atoms with Crippen LogP contribution in [0.25, 0.3) is 0 Å². The minimum atomic E-state index is -0.598. The number of aromatic nitrogens is 2. The summed E-state index contributed by atoms with van der Waals surface area (Å²) in [5, 5.41) is 5.69. The molecule has 1 unspecified atom stereocenters. The average Bonchev–Trinajstić information content (AvgIpc) is 2.71. The van der Waals surface area contributed by atoms with Crippen molar-refractivity contribution in [3.63, 3.8) is 0 Å². The van der Waals surface area contributed by atoms with Crippen LogP contribution in [0.15, 0.2) is 36.7 Å². The highest BCUT2D eigenvalue weighted by molar-refractivity contribution is 5.97. The second-order valence-corrected chi connectivity index (χ2v) is 7.60. The first kappa shape index (κ1) is 20.8. The van der Waals surface area contributed by atoms with Gasteiger partial charge >= 0.3 is 6.01 Å². The summed E-state index contributed by atoms with van der Waals surface area (Å²) in [6.07, 6.45) is 9.59. The van der Waals surface area contributed by atoms with E-state index in [-0.39, 0.29) is 17.8 Å². The second-order valence-electron chi connectivity index (χ2n) is 7.60. The van der Waals surface area contributed by atoms with Crippen molar-refractivity contribution < 1.29 is 14.3 Å². The normalized spacial score (nSPS) is 15.4. The largest absolute Gasteiger partial charge is 0.424 e. The molecule has 7 nitrogen and oxygen atoms in total. The molecule has 1 fully saturated rings. The van der Waals surface area contributed by atoms with Crippen LogP contribution in [0.2, 0.25) is 0 Å². The number of nitrogens with zero attached hydrogens (tertiary/aromatic N) is 2. The van der Waals surface area contributed by atoms with E-state index >= 15 is 0 Å². The van der Waals surface area contributed by atoms with Crippen LogP contribution < -0.4 is 15.4 Å². The number of anilines is 1. The van der Waals surface area contributed by atoms with E-state index in [1.54, 1.807) is 43.6 Å². The molecule has 0 saturated heterocycles. The predicted octanol–water partition coefficient (Wildman–Crippen LogP) is 3.99. The summed E-state index contributed by atoms with van der Waals surface area (Å²) in [5.74, 6) is 0.732. The lowest BCUT2D eigenvalue weighted by Gasteiger charge is -2.22. The van der Waals surface area contributed by atoms with Crippen molar-refractivity contribution in [3.05, 3.63) is 42.2 Å². The van der Waals surface area contributed by atoms with Crippen LogP contribution >= 0.6 is 0 Å². The zero-order valence-electron chi connectivity index (χ0n) is 17.0. The zero-order valence-corrected chi connectivity index (χ0v) is 17.0. The third-order valence-corrected chi connectivity index (χ3v) is 5.18. The van der Waals surface area contributed by atoms with Gasteiger partial charge in [0.1, 0.15) is 11.8 Å². The van der Waals surface area contributed by atoms with Crippen LogP contribution in [0, 0.1) is 12.8 Å². The quantitative estimate of drug-likeness (QED) is 0.738. The maximum absolute atomic E-state index is 12.5. The minimum absolute atomic E-state index is 0.0529. The molecule has 29 heavy (non-hydrogen) atoms. The first-order valence-corrected chi connectivity index (χ1v) is 10.2. The lowest BCUT2D eigenvalue weighted by molar-refractivity contribution is -0.126. The van der Waals surface area contributed by atoms with Gasteiger partial charge in [-0.1, -0.05) is 19.3 Å². The number of ether oxygens (including phenoxy) is 1. The molecule has 0 bridgehead atoms. The van der Waals surface area contributed by atoms with Crippen molar-refractivity contribution in [3.8, 4) is 11.8 Å². The molecule has 1 saturated carbocycles.